The molecule has 0 saturated heterocycles. The van der Waals surface area contributed by atoms with Crippen LogP contribution < -0.4 is 0 Å². The predicted molar refractivity (Wildman–Crippen MR) is 87.7 cm³/mol. The number of aromatic nitrogens is 5. The number of carbonyl (C=O) groups excluding carboxylic acids is 1. The molecule has 7 heteroatoms. The van der Waals surface area contributed by atoms with E-state index in [0.717, 1.165) is 11.3 Å². The van der Waals surface area contributed by atoms with Gasteiger partial charge in [0.2, 0.25) is 5.78 Å². The first kappa shape index (κ1) is 15.2. The Bertz CT molecular complexity index is 876. The molecule has 0 fully saturated rings. The van der Waals surface area contributed by atoms with Gasteiger partial charge < -0.3 is 0 Å². The lowest BCUT2D eigenvalue weighted by atomic mass is 10.2. The van der Waals surface area contributed by atoms with E-state index in [1.807, 2.05) is 25.4 Å². The van der Waals surface area contributed by atoms with E-state index in [1.165, 1.54) is 6.08 Å². The molecule has 0 spiro atoms. The Morgan fingerprint density at radius 1 is 1.26 bits per heavy atom. The van der Waals surface area contributed by atoms with Crippen LogP contribution in [0.4, 0.5) is 0 Å². The molecule has 0 amide bonds. The van der Waals surface area contributed by atoms with E-state index in [-0.39, 0.29) is 5.78 Å². The van der Waals surface area contributed by atoms with Crippen LogP contribution in [-0.4, -0.2) is 30.6 Å². The van der Waals surface area contributed by atoms with Gasteiger partial charge in [-0.05, 0) is 43.3 Å². The number of hydrogen-bond donors (Lipinski definition) is 0. The van der Waals surface area contributed by atoms with Gasteiger partial charge in [-0.25, -0.2) is 4.68 Å². The molecule has 3 rings (SSSR count). The number of ketones is 1. The van der Waals surface area contributed by atoms with Crippen molar-refractivity contribution in [3.63, 3.8) is 0 Å². The Hall–Kier alpha value is -2.73. The highest BCUT2D eigenvalue weighted by atomic mass is 35.5. The van der Waals surface area contributed by atoms with Gasteiger partial charge in [0.15, 0.2) is 5.69 Å². The molecule has 0 aliphatic heterocycles. The van der Waals surface area contributed by atoms with E-state index in [0.29, 0.717) is 16.4 Å². The SMILES string of the molecule is Cc1c(C(=O)C=Cc2cnn(C)c2)nnn1-c1ccc(Cl)cc1. The Balaban J connectivity index is 1.85. The van der Waals surface area contributed by atoms with Gasteiger partial charge in [-0.3, -0.25) is 9.48 Å². The van der Waals surface area contributed by atoms with Crippen molar-refractivity contribution >= 4 is 23.5 Å². The Morgan fingerprint density at radius 3 is 2.65 bits per heavy atom. The molecule has 0 radical (unpaired) electrons. The average Bonchev–Trinajstić information content (AvgIpc) is 3.12. The molecule has 0 N–H and O–H groups in total. The fourth-order valence-corrected chi connectivity index (χ4v) is 2.29. The van der Waals surface area contributed by atoms with Gasteiger partial charge in [-0.1, -0.05) is 16.8 Å². The average molecular weight is 328 g/mol. The van der Waals surface area contributed by atoms with Gasteiger partial charge in [0.05, 0.1) is 17.6 Å². The molecular weight excluding hydrogens is 314 g/mol. The van der Waals surface area contributed by atoms with Gasteiger partial charge in [0.1, 0.15) is 0 Å². The summed E-state index contributed by atoms with van der Waals surface area (Å²) in [4.78, 5) is 12.3. The maximum atomic E-state index is 12.3. The zero-order valence-electron chi connectivity index (χ0n) is 12.6. The molecule has 1 aromatic carbocycles. The summed E-state index contributed by atoms with van der Waals surface area (Å²) >= 11 is 5.88. The molecule has 2 heterocycles. The van der Waals surface area contributed by atoms with Gasteiger partial charge in [0, 0.05) is 23.8 Å². The van der Waals surface area contributed by atoms with Crippen molar-refractivity contribution in [2.45, 2.75) is 6.92 Å². The minimum Gasteiger partial charge on any atom is -0.287 e. The summed E-state index contributed by atoms with van der Waals surface area (Å²) in [7, 11) is 1.82. The quantitative estimate of drug-likeness (QED) is 0.546. The number of halogens is 1. The van der Waals surface area contributed by atoms with Crippen molar-refractivity contribution in [3.05, 3.63) is 64.7 Å². The van der Waals surface area contributed by atoms with E-state index >= 15 is 0 Å². The molecular formula is C16H14ClN5O. The maximum absolute atomic E-state index is 12.3. The minimum atomic E-state index is -0.202. The molecule has 6 nitrogen and oxygen atoms in total. The van der Waals surface area contributed by atoms with Crippen molar-refractivity contribution in [2.75, 3.05) is 0 Å². The van der Waals surface area contributed by atoms with Crippen LogP contribution in [0.1, 0.15) is 21.7 Å². The molecule has 23 heavy (non-hydrogen) atoms. The summed E-state index contributed by atoms with van der Waals surface area (Å²) in [6.07, 6.45) is 6.68. The highest BCUT2D eigenvalue weighted by Crippen LogP contribution is 2.16. The topological polar surface area (TPSA) is 65.6 Å². The van der Waals surface area contributed by atoms with E-state index in [9.17, 15) is 4.79 Å². The molecule has 0 unspecified atom stereocenters. The Morgan fingerprint density at radius 2 is 2.00 bits per heavy atom. The lowest BCUT2D eigenvalue weighted by Gasteiger charge is -2.02. The first-order chi connectivity index (χ1) is 11.0. The van der Waals surface area contributed by atoms with E-state index < -0.39 is 0 Å². The van der Waals surface area contributed by atoms with Gasteiger partial charge in [-0.15, -0.1) is 5.10 Å². The zero-order valence-corrected chi connectivity index (χ0v) is 13.4. The minimum absolute atomic E-state index is 0.202. The number of nitrogens with zero attached hydrogens (tertiary/aromatic N) is 5. The molecule has 0 aliphatic carbocycles. The summed E-state index contributed by atoms with van der Waals surface area (Å²) in [5.41, 5.74) is 2.64. The van der Waals surface area contributed by atoms with Gasteiger partial charge in [-0.2, -0.15) is 5.10 Å². The Labute approximate surface area is 138 Å². The van der Waals surface area contributed by atoms with Crippen LogP contribution in [0.2, 0.25) is 5.02 Å². The predicted octanol–water partition coefficient (Wildman–Crippen LogP) is 2.86. The van der Waals surface area contributed by atoms with Gasteiger partial charge >= 0.3 is 0 Å². The summed E-state index contributed by atoms with van der Waals surface area (Å²) in [6, 6.07) is 7.18. The smallest absolute Gasteiger partial charge is 0.208 e. The Kier molecular flexibility index (Phi) is 4.08. The van der Waals surface area contributed by atoms with Crippen LogP contribution in [0.25, 0.3) is 11.8 Å². The first-order valence-electron chi connectivity index (χ1n) is 6.94. The number of aryl methyl sites for hydroxylation is 1. The lowest BCUT2D eigenvalue weighted by molar-refractivity contribution is 0.104. The molecule has 116 valence electrons. The molecule has 0 atom stereocenters. The number of rotatable bonds is 4. The van der Waals surface area contributed by atoms with Crippen molar-refractivity contribution in [1.82, 2.24) is 24.8 Å². The third-order valence-corrected chi connectivity index (χ3v) is 3.60. The zero-order chi connectivity index (χ0) is 16.4. The molecule has 3 aromatic rings. The monoisotopic (exact) mass is 327 g/mol. The number of benzene rings is 1. The van der Waals surface area contributed by atoms with Crippen LogP contribution in [0.15, 0.2) is 42.7 Å². The van der Waals surface area contributed by atoms with Crippen LogP contribution in [0.3, 0.4) is 0 Å². The van der Waals surface area contributed by atoms with Crippen LogP contribution >= 0.6 is 11.6 Å². The molecule has 0 aliphatic rings. The van der Waals surface area contributed by atoms with Crippen LogP contribution in [0.5, 0.6) is 0 Å². The second-order valence-corrected chi connectivity index (χ2v) is 5.49. The van der Waals surface area contributed by atoms with Crippen molar-refractivity contribution in [2.24, 2.45) is 7.05 Å². The lowest BCUT2D eigenvalue weighted by Crippen LogP contribution is -2.01. The second kappa shape index (κ2) is 6.18. The summed E-state index contributed by atoms with van der Waals surface area (Å²) in [5, 5.41) is 12.7. The number of hydrogen-bond acceptors (Lipinski definition) is 4. The molecule has 2 aromatic heterocycles. The van der Waals surface area contributed by atoms with E-state index in [4.69, 9.17) is 11.6 Å². The fraction of sp³-hybridized carbons (Fsp3) is 0.125. The third-order valence-electron chi connectivity index (χ3n) is 3.35. The molecule has 0 bridgehead atoms. The highest BCUT2D eigenvalue weighted by molar-refractivity contribution is 6.30. The van der Waals surface area contributed by atoms with Crippen molar-refractivity contribution < 1.29 is 4.79 Å². The fourth-order valence-electron chi connectivity index (χ4n) is 2.16. The summed E-state index contributed by atoms with van der Waals surface area (Å²) in [5.74, 6) is -0.202. The van der Waals surface area contributed by atoms with Crippen LogP contribution in [0, 0.1) is 6.92 Å². The highest BCUT2D eigenvalue weighted by Gasteiger charge is 2.15. The summed E-state index contributed by atoms with van der Waals surface area (Å²) in [6.45, 7) is 1.81. The van der Waals surface area contributed by atoms with E-state index in [1.54, 1.807) is 40.7 Å². The first-order valence-corrected chi connectivity index (χ1v) is 7.31. The molecule has 0 saturated carbocycles. The van der Waals surface area contributed by atoms with Crippen LogP contribution in [-0.2, 0) is 7.05 Å². The number of allylic oxidation sites excluding steroid dienone is 1. The standard InChI is InChI=1S/C16H14ClN5O/c1-11-16(15(23)8-3-12-9-18-21(2)10-12)19-20-22(11)14-6-4-13(17)5-7-14/h3-10H,1-2H3. The van der Waals surface area contributed by atoms with Crippen molar-refractivity contribution in [3.8, 4) is 5.69 Å². The largest absolute Gasteiger partial charge is 0.287 e. The summed E-state index contributed by atoms with van der Waals surface area (Å²) < 4.78 is 3.29. The normalized spacial score (nSPS) is 11.3. The van der Waals surface area contributed by atoms with Gasteiger partial charge in [0.25, 0.3) is 0 Å². The second-order valence-electron chi connectivity index (χ2n) is 5.06. The number of carbonyl (C=O) groups is 1. The third kappa shape index (κ3) is 3.22. The van der Waals surface area contributed by atoms with E-state index in [2.05, 4.69) is 15.4 Å². The van der Waals surface area contributed by atoms with Crippen molar-refractivity contribution in [1.29, 1.82) is 0 Å². The maximum Gasteiger partial charge on any atom is 0.208 e.